The summed E-state index contributed by atoms with van der Waals surface area (Å²) >= 11 is 7.92. The smallest absolute Gasteiger partial charge is 0.167 e. The lowest BCUT2D eigenvalue weighted by atomic mass is 10.0. The Morgan fingerprint density at radius 3 is 2.90 bits per heavy atom. The van der Waals surface area contributed by atoms with Crippen LogP contribution in [-0.2, 0) is 0 Å². The predicted octanol–water partition coefficient (Wildman–Crippen LogP) is 5.14. The lowest BCUT2D eigenvalue weighted by Gasteiger charge is -2.27. The Balaban J connectivity index is 1.86. The first-order valence-electron chi connectivity index (χ1n) is 6.69. The van der Waals surface area contributed by atoms with Gasteiger partial charge in [0.1, 0.15) is 0 Å². The molecule has 0 aliphatic carbocycles. The van der Waals surface area contributed by atoms with E-state index in [0.717, 1.165) is 22.9 Å². The molecule has 0 fully saturated rings. The van der Waals surface area contributed by atoms with Crippen LogP contribution in [0.5, 0.6) is 5.75 Å². The molecule has 5 heteroatoms. The molecule has 1 aliphatic heterocycles. The molecule has 21 heavy (non-hydrogen) atoms. The van der Waals surface area contributed by atoms with Crippen molar-refractivity contribution in [1.29, 1.82) is 0 Å². The first-order chi connectivity index (χ1) is 10.2. The van der Waals surface area contributed by atoms with E-state index in [1.807, 2.05) is 36.0 Å². The van der Waals surface area contributed by atoms with Crippen molar-refractivity contribution in [2.45, 2.75) is 17.4 Å². The van der Waals surface area contributed by atoms with Gasteiger partial charge in [0, 0.05) is 27.4 Å². The van der Waals surface area contributed by atoms with Crippen LogP contribution in [0.3, 0.4) is 0 Å². The predicted molar refractivity (Wildman–Crippen MR) is 86.1 cm³/mol. The van der Waals surface area contributed by atoms with Gasteiger partial charge in [-0.2, -0.15) is 0 Å². The molecule has 0 spiro atoms. The van der Waals surface area contributed by atoms with Gasteiger partial charge < -0.3 is 10.1 Å². The average Bonchev–Trinajstić information content (AvgIpc) is 2.48. The van der Waals surface area contributed by atoms with Crippen LogP contribution < -0.4 is 10.1 Å². The lowest BCUT2D eigenvalue weighted by molar-refractivity contribution is 0.386. The van der Waals surface area contributed by atoms with Gasteiger partial charge in [-0.15, -0.1) is 11.8 Å². The van der Waals surface area contributed by atoms with E-state index in [9.17, 15) is 4.39 Å². The molecule has 3 rings (SSSR count). The quantitative estimate of drug-likeness (QED) is 0.845. The lowest BCUT2D eigenvalue weighted by Crippen LogP contribution is -2.16. The zero-order valence-corrected chi connectivity index (χ0v) is 13.1. The zero-order valence-electron chi connectivity index (χ0n) is 11.5. The van der Waals surface area contributed by atoms with Crippen LogP contribution in [0.1, 0.15) is 18.0 Å². The van der Waals surface area contributed by atoms with Gasteiger partial charge >= 0.3 is 0 Å². The fraction of sp³-hybridized carbons (Fsp3) is 0.250. The molecule has 2 aromatic rings. The summed E-state index contributed by atoms with van der Waals surface area (Å²) in [5.41, 5.74) is 1.92. The standard InChI is InChI=1S/C16H15ClFNOS/c1-20-15-4-3-11(9-13(15)18)19-14-6-7-21-16-5-2-10(17)8-12(14)16/h2-5,8-9,14,19H,6-7H2,1H3. The largest absolute Gasteiger partial charge is 0.494 e. The monoisotopic (exact) mass is 323 g/mol. The maximum Gasteiger partial charge on any atom is 0.167 e. The van der Waals surface area contributed by atoms with Crippen LogP contribution >= 0.6 is 23.4 Å². The number of anilines is 1. The minimum atomic E-state index is -0.362. The number of benzene rings is 2. The first kappa shape index (κ1) is 14.5. The van der Waals surface area contributed by atoms with Crippen LogP contribution in [0.4, 0.5) is 10.1 Å². The van der Waals surface area contributed by atoms with Crippen molar-refractivity contribution >= 4 is 29.1 Å². The average molecular weight is 324 g/mol. The van der Waals surface area contributed by atoms with Crippen molar-refractivity contribution in [3.63, 3.8) is 0 Å². The molecule has 1 atom stereocenters. The molecular weight excluding hydrogens is 309 g/mol. The van der Waals surface area contributed by atoms with Crippen LogP contribution in [0.2, 0.25) is 5.02 Å². The van der Waals surface area contributed by atoms with Crippen molar-refractivity contribution in [3.05, 3.63) is 52.8 Å². The molecule has 1 aliphatic rings. The fourth-order valence-corrected chi connectivity index (χ4v) is 3.76. The molecule has 1 heterocycles. The molecule has 0 saturated carbocycles. The number of methoxy groups -OCH3 is 1. The highest BCUT2D eigenvalue weighted by Gasteiger charge is 2.21. The van der Waals surface area contributed by atoms with E-state index < -0.39 is 0 Å². The number of thioether (sulfide) groups is 1. The fourth-order valence-electron chi connectivity index (χ4n) is 2.47. The normalized spacial score (nSPS) is 17.2. The zero-order chi connectivity index (χ0) is 14.8. The van der Waals surface area contributed by atoms with Gasteiger partial charge in [0.05, 0.1) is 13.2 Å². The summed E-state index contributed by atoms with van der Waals surface area (Å²) in [6.07, 6.45) is 0.978. The third kappa shape index (κ3) is 3.11. The number of hydrogen-bond donors (Lipinski definition) is 1. The van der Waals surface area contributed by atoms with Crippen molar-refractivity contribution in [1.82, 2.24) is 0 Å². The number of ether oxygens (including phenoxy) is 1. The van der Waals surface area contributed by atoms with E-state index in [4.69, 9.17) is 16.3 Å². The Morgan fingerprint density at radius 2 is 2.14 bits per heavy atom. The number of hydrogen-bond acceptors (Lipinski definition) is 3. The van der Waals surface area contributed by atoms with Gasteiger partial charge in [0.2, 0.25) is 0 Å². The number of nitrogens with one attached hydrogen (secondary N) is 1. The SMILES string of the molecule is COc1ccc(NC2CCSc3ccc(Cl)cc32)cc1F. The number of fused-ring (bicyclic) bond motifs is 1. The second kappa shape index (κ2) is 6.16. The van der Waals surface area contributed by atoms with E-state index in [1.165, 1.54) is 23.6 Å². The summed E-state index contributed by atoms with van der Waals surface area (Å²) in [7, 11) is 1.46. The molecule has 1 unspecified atom stereocenters. The first-order valence-corrected chi connectivity index (χ1v) is 8.06. The van der Waals surface area contributed by atoms with Gasteiger partial charge in [0.25, 0.3) is 0 Å². The Bertz CT molecular complexity index is 665. The minimum Gasteiger partial charge on any atom is -0.494 e. The molecule has 0 bridgehead atoms. The van der Waals surface area contributed by atoms with Crippen LogP contribution in [-0.4, -0.2) is 12.9 Å². The third-order valence-electron chi connectivity index (χ3n) is 3.50. The summed E-state index contributed by atoms with van der Waals surface area (Å²) in [5.74, 6) is 0.924. The Hall–Kier alpha value is -1.39. The molecule has 0 aromatic heterocycles. The van der Waals surface area contributed by atoms with E-state index in [2.05, 4.69) is 5.32 Å². The van der Waals surface area contributed by atoms with E-state index >= 15 is 0 Å². The molecule has 2 nitrogen and oxygen atoms in total. The van der Waals surface area contributed by atoms with E-state index in [1.54, 1.807) is 6.07 Å². The van der Waals surface area contributed by atoms with Crippen molar-refractivity contribution in [3.8, 4) is 5.75 Å². The molecule has 0 saturated heterocycles. The maximum atomic E-state index is 13.8. The Kier molecular flexibility index (Phi) is 4.27. The third-order valence-corrected chi connectivity index (χ3v) is 4.86. The highest BCUT2D eigenvalue weighted by molar-refractivity contribution is 7.99. The second-order valence-corrected chi connectivity index (χ2v) is 6.44. The maximum absolute atomic E-state index is 13.8. The molecule has 0 radical (unpaired) electrons. The van der Waals surface area contributed by atoms with Crippen molar-refractivity contribution in [2.24, 2.45) is 0 Å². The second-order valence-electron chi connectivity index (χ2n) is 4.87. The molecule has 0 amide bonds. The van der Waals surface area contributed by atoms with Crippen molar-refractivity contribution in [2.75, 3.05) is 18.2 Å². The minimum absolute atomic E-state index is 0.146. The summed E-state index contributed by atoms with van der Waals surface area (Å²) in [5, 5.41) is 4.11. The summed E-state index contributed by atoms with van der Waals surface area (Å²) in [4.78, 5) is 1.23. The molecule has 1 N–H and O–H groups in total. The number of rotatable bonds is 3. The van der Waals surface area contributed by atoms with Gasteiger partial charge in [-0.05, 0) is 42.3 Å². The summed E-state index contributed by atoms with van der Waals surface area (Å²) in [6.45, 7) is 0. The molecule has 2 aromatic carbocycles. The summed E-state index contributed by atoms with van der Waals surface area (Å²) < 4.78 is 18.7. The Morgan fingerprint density at radius 1 is 1.29 bits per heavy atom. The highest BCUT2D eigenvalue weighted by atomic mass is 35.5. The van der Waals surface area contributed by atoms with E-state index in [-0.39, 0.29) is 17.6 Å². The van der Waals surface area contributed by atoms with Gasteiger partial charge in [-0.25, -0.2) is 4.39 Å². The molecule has 110 valence electrons. The van der Waals surface area contributed by atoms with Crippen LogP contribution in [0, 0.1) is 5.82 Å². The highest BCUT2D eigenvalue weighted by Crippen LogP contribution is 2.39. The van der Waals surface area contributed by atoms with Gasteiger partial charge in [0.15, 0.2) is 11.6 Å². The number of halogens is 2. The Labute approximate surface area is 132 Å². The summed E-state index contributed by atoms with van der Waals surface area (Å²) in [6, 6.07) is 11.0. The van der Waals surface area contributed by atoms with Crippen LogP contribution in [0.15, 0.2) is 41.3 Å². The van der Waals surface area contributed by atoms with Crippen molar-refractivity contribution < 1.29 is 9.13 Å². The topological polar surface area (TPSA) is 21.3 Å². The van der Waals surface area contributed by atoms with Crippen LogP contribution in [0.25, 0.3) is 0 Å². The molecular formula is C16H15ClFNOS. The van der Waals surface area contributed by atoms with Gasteiger partial charge in [-0.3, -0.25) is 0 Å². The van der Waals surface area contributed by atoms with Gasteiger partial charge in [-0.1, -0.05) is 11.6 Å². The van der Waals surface area contributed by atoms with E-state index in [0.29, 0.717) is 0 Å².